The van der Waals surface area contributed by atoms with E-state index in [1.54, 1.807) is 28.9 Å². The average molecular weight is 403 g/mol. The molecule has 0 aliphatic heterocycles. The quantitative estimate of drug-likeness (QED) is 0.477. The number of benzene rings is 2. The number of nitrogens with zero attached hydrogens (tertiary/aromatic N) is 3. The Balaban J connectivity index is 1.78. The second-order valence-corrected chi connectivity index (χ2v) is 7.13. The van der Waals surface area contributed by atoms with Crippen molar-refractivity contribution in [1.82, 2.24) is 9.38 Å². The lowest BCUT2D eigenvalue weighted by molar-refractivity contribution is 1.01. The fraction of sp³-hybridized carbons (Fsp3) is 0.0870. The van der Waals surface area contributed by atoms with E-state index in [-0.39, 0.29) is 5.56 Å². The number of anilines is 1. The largest absolute Gasteiger partial charge is 0.365 e. The topological polar surface area (TPSA) is 58.8 Å². The number of nitrogens with one attached hydrogen (secondary N) is 1. The number of aromatic nitrogens is 2. The normalized spacial score (nSPS) is 11.2. The fourth-order valence-corrected chi connectivity index (χ4v) is 3.17. The van der Waals surface area contributed by atoms with Crippen LogP contribution in [0.2, 0.25) is 5.02 Å². The van der Waals surface area contributed by atoms with E-state index in [9.17, 15) is 4.79 Å². The molecule has 1 N–H and O–H groups in total. The Bertz CT molecular complexity index is 1250. The van der Waals surface area contributed by atoms with Gasteiger partial charge in [0.05, 0.1) is 5.69 Å². The molecule has 144 valence electrons. The van der Waals surface area contributed by atoms with Crippen LogP contribution in [0.1, 0.15) is 16.7 Å². The Kier molecular flexibility index (Phi) is 5.40. The molecule has 0 unspecified atom stereocenters. The second-order valence-electron chi connectivity index (χ2n) is 6.69. The van der Waals surface area contributed by atoms with Crippen molar-refractivity contribution in [3.05, 3.63) is 105 Å². The molecule has 0 amide bonds. The highest BCUT2D eigenvalue weighted by molar-refractivity contribution is 6.30. The molecule has 4 aromatic rings. The van der Waals surface area contributed by atoms with Crippen LogP contribution in [0, 0.1) is 6.92 Å². The molecule has 0 radical (unpaired) electrons. The zero-order valence-electron chi connectivity index (χ0n) is 15.8. The number of aliphatic imine (C=N–C) groups is 1. The Labute approximate surface area is 173 Å². The summed E-state index contributed by atoms with van der Waals surface area (Å²) in [6.45, 7) is 2.49. The van der Waals surface area contributed by atoms with Crippen molar-refractivity contribution in [1.29, 1.82) is 0 Å². The first kappa shape index (κ1) is 18.9. The summed E-state index contributed by atoms with van der Waals surface area (Å²) < 4.78 is 1.54. The summed E-state index contributed by atoms with van der Waals surface area (Å²) in [6.07, 6.45) is 3.32. The number of fused-ring (bicyclic) bond motifs is 1. The molecule has 6 heteroatoms. The maximum absolute atomic E-state index is 13.2. The van der Waals surface area contributed by atoms with Gasteiger partial charge in [-0.3, -0.25) is 14.2 Å². The smallest absolute Gasteiger partial charge is 0.268 e. The van der Waals surface area contributed by atoms with Crippen molar-refractivity contribution in [2.45, 2.75) is 13.5 Å². The Morgan fingerprint density at radius 3 is 2.72 bits per heavy atom. The van der Waals surface area contributed by atoms with Crippen molar-refractivity contribution in [3.8, 4) is 0 Å². The lowest BCUT2D eigenvalue weighted by atomic mass is 10.2. The standard InChI is InChI=1S/C23H19ClN4O/c1-16-10-11-21-27-22(26-13-17-6-3-2-4-7-17)20(23(29)28(21)15-16)14-25-19-9-5-8-18(24)12-19/h2-12,14-15,26H,13H2,1H3. The molecule has 0 fully saturated rings. The van der Waals surface area contributed by atoms with E-state index in [2.05, 4.69) is 15.3 Å². The van der Waals surface area contributed by atoms with Gasteiger partial charge in [-0.15, -0.1) is 0 Å². The third kappa shape index (κ3) is 4.36. The van der Waals surface area contributed by atoms with Gasteiger partial charge in [-0.1, -0.05) is 54.1 Å². The minimum absolute atomic E-state index is 0.181. The van der Waals surface area contributed by atoms with Crippen LogP contribution in [-0.4, -0.2) is 15.6 Å². The summed E-state index contributed by atoms with van der Waals surface area (Å²) in [7, 11) is 0. The fourth-order valence-electron chi connectivity index (χ4n) is 2.99. The SMILES string of the molecule is Cc1ccc2nc(NCc3ccccc3)c(C=Nc3cccc(Cl)c3)c(=O)n2c1. The highest BCUT2D eigenvalue weighted by atomic mass is 35.5. The molecule has 2 aromatic carbocycles. The molecule has 0 aliphatic rings. The first-order valence-electron chi connectivity index (χ1n) is 9.20. The van der Waals surface area contributed by atoms with Crippen LogP contribution in [0.25, 0.3) is 5.65 Å². The average Bonchev–Trinajstić information content (AvgIpc) is 2.73. The first-order valence-corrected chi connectivity index (χ1v) is 9.58. The van der Waals surface area contributed by atoms with Crippen molar-refractivity contribution < 1.29 is 0 Å². The van der Waals surface area contributed by atoms with Crippen molar-refractivity contribution in [2.75, 3.05) is 5.32 Å². The van der Waals surface area contributed by atoms with Gasteiger partial charge >= 0.3 is 0 Å². The Hall–Kier alpha value is -3.44. The van der Waals surface area contributed by atoms with Crippen LogP contribution in [0.15, 0.2) is 82.7 Å². The van der Waals surface area contributed by atoms with Gasteiger partial charge in [0.1, 0.15) is 17.0 Å². The van der Waals surface area contributed by atoms with Crippen LogP contribution < -0.4 is 10.9 Å². The van der Waals surface area contributed by atoms with Crippen molar-refractivity contribution in [3.63, 3.8) is 0 Å². The molecule has 2 heterocycles. The molecule has 0 spiro atoms. The van der Waals surface area contributed by atoms with Gasteiger partial charge in [0, 0.05) is 24.0 Å². The summed E-state index contributed by atoms with van der Waals surface area (Å²) in [4.78, 5) is 22.3. The minimum atomic E-state index is -0.181. The number of pyridine rings is 1. The highest BCUT2D eigenvalue weighted by Crippen LogP contribution is 2.18. The van der Waals surface area contributed by atoms with Gasteiger partial charge in [0.2, 0.25) is 0 Å². The number of rotatable bonds is 5. The summed E-state index contributed by atoms with van der Waals surface area (Å²) in [5.41, 5.74) is 3.53. The van der Waals surface area contributed by atoms with Gasteiger partial charge in [0.15, 0.2) is 0 Å². The van der Waals surface area contributed by atoms with E-state index >= 15 is 0 Å². The van der Waals surface area contributed by atoms with Gasteiger partial charge in [-0.05, 0) is 42.3 Å². The number of aryl methyl sites for hydroxylation is 1. The van der Waals surface area contributed by atoms with Crippen LogP contribution in [0.4, 0.5) is 11.5 Å². The third-order valence-electron chi connectivity index (χ3n) is 4.46. The van der Waals surface area contributed by atoms with E-state index in [1.807, 2.05) is 61.5 Å². The molecule has 0 aliphatic carbocycles. The maximum Gasteiger partial charge on any atom is 0.268 e. The van der Waals surface area contributed by atoms with Crippen molar-refractivity contribution >= 4 is 35.0 Å². The summed E-state index contributed by atoms with van der Waals surface area (Å²) in [6, 6.07) is 20.9. The van der Waals surface area contributed by atoms with Crippen LogP contribution in [-0.2, 0) is 6.54 Å². The number of hydrogen-bond acceptors (Lipinski definition) is 4. The summed E-state index contributed by atoms with van der Waals surface area (Å²) >= 11 is 6.04. The predicted molar refractivity (Wildman–Crippen MR) is 119 cm³/mol. The van der Waals surface area contributed by atoms with E-state index in [4.69, 9.17) is 11.6 Å². The monoisotopic (exact) mass is 402 g/mol. The Morgan fingerprint density at radius 2 is 1.93 bits per heavy atom. The molecule has 4 rings (SSSR count). The first-order chi connectivity index (χ1) is 14.1. The van der Waals surface area contributed by atoms with Crippen molar-refractivity contribution in [2.24, 2.45) is 4.99 Å². The molecule has 0 atom stereocenters. The Morgan fingerprint density at radius 1 is 1.10 bits per heavy atom. The number of halogens is 1. The molecule has 2 aromatic heterocycles. The minimum Gasteiger partial charge on any atom is -0.365 e. The van der Waals surface area contributed by atoms with Gasteiger partial charge in [-0.2, -0.15) is 0 Å². The van der Waals surface area contributed by atoms with Crippen LogP contribution in [0.3, 0.4) is 0 Å². The van der Waals surface area contributed by atoms with Gasteiger partial charge < -0.3 is 5.32 Å². The predicted octanol–water partition coefficient (Wildman–Crippen LogP) is 5.02. The summed E-state index contributed by atoms with van der Waals surface area (Å²) in [5, 5.41) is 3.87. The zero-order chi connectivity index (χ0) is 20.2. The van der Waals surface area contributed by atoms with Gasteiger partial charge in [-0.25, -0.2) is 4.98 Å². The summed E-state index contributed by atoms with van der Waals surface area (Å²) in [5.74, 6) is 0.494. The van der Waals surface area contributed by atoms with Crippen LogP contribution >= 0.6 is 11.6 Å². The molecule has 29 heavy (non-hydrogen) atoms. The molecule has 5 nitrogen and oxygen atoms in total. The molecular weight excluding hydrogens is 384 g/mol. The number of hydrogen-bond donors (Lipinski definition) is 1. The molecular formula is C23H19ClN4O. The van der Waals surface area contributed by atoms with E-state index in [0.717, 1.165) is 11.1 Å². The van der Waals surface area contributed by atoms with E-state index in [1.165, 1.54) is 0 Å². The van der Waals surface area contributed by atoms with E-state index < -0.39 is 0 Å². The van der Waals surface area contributed by atoms with Crippen LogP contribution in [0.5, 0.6) is 0 Å². The van der Waals surface area contributed by atoms with Gasteiger partial charge in [0.25, 0.3) is 5.56 Å². The highest BCUT2D eigenvalue weighted by Gasteiger charge is 2.11. The lowest BCUT2D eigenvalue weighted by Gasteiger charge is -2.11. The zero-order valence-corrected chi connectivity index (χ0v) is 16.6. The van der Waals surface area contributed by atoms with E-state index in [0.29, 0.717) is 34.3 Å². The second kappa shape index (κ2) is 8.29. The third-order valence-corrected chi connectivity index (χ3v) is 4.69. The molecule has 0 bridgehead atoms. The molecule has 0 saturated carbocycles. The molecule has 0 saturated heterocycles. The maximum atomic E-state index is 13.2. The lowest BCUT2D eigenvalue weighted by Crippen LogP contribution is -2.22.